The van der Waals surface area contributed by atoms with Crippen molar-refractivity contribution >= 4 is 23.5 Å². The molecule has 1 aliphatic heterocycles. The van der Waals surface area contributed by atoms with Crippen LogP contribution >= 0.6 is 11.5 Å². The minimum absolute atomic E-state index is 0.0457. The van der Waals surface area contributed by atoms with Crippen LogP contribution in [0.15, 0.2) is 0 Å². The summed E-state index contributed by atoms with van der Waals surface area (Å²) in [6.45, 7) is 9.43. The zero-order valence-electron chi connectivity index (χ0n) is 13.5. The summed E-state index contributed by atoms with van der Waals surface area (Å²) < 4.78 is 9.20. The minimum atomic E-state index is -0.506. The molecule has 7 nitrogen and oxygen atoms in total. The van der Waals surface area contributed by atoms with Gasteiger partial charge in [0.05, 0.1) is 5.69 Å². The molecular weight excluding hydrogens is 304 g/mol. The highest BCUT2D eigenvalue weighted by atomic mass is 32.1. The van der Waals surface area contributed by atoms with Crippen LogP contribution < -0.4 is 0 Å². The number of ether oxygens (including phenoxy) is 1. The molecule has 0 bridgehead atoms. The first kappa shape index (κ1) is 16.7. The summed E-state index contributed by atoms with van der Waals surface area (Å²) in [6.07, 6.45) is 0.364. The number of hydrogen-bond acceptors (Lipinski definition) is 6. The van der Waals surface area contributed by atoms with E-state index in [0.717, 1.165) is 17.2 Å². The van der Waals surface area contributed by atoms with Crippen LogP contribution in [-0.2, 0) is 11.2 Å². The number of hydrogen-bond donors (Lipinski definition) is 0. The van der Waals surface area contributed by atoms with Crippen LogP contribution in [0.2, 0.25) is 0 Å². The van der Waals surface area contributed by atoms with Gasteiger partial charge in [-0.05, 0) is 38.7 Å². The van der Waals surface area contributed by atoms with E-state index in [9.17, 15) is 9.59 Å². The van der Waals surface area contributed by atoms with Crippen molar-refractivity contribution in [1.29, 1.82) is 0 Å². The first-order valence-corrected chi connectivity index (χ1v) is 8.17. The number of aryl methyl sites for hydroxylation is 1. The molecule has 1 aromatic heterocycles. The van der Waals surface area contributed by atoms with Gasteiger partial charge in [0, 0.05) is 26.2 Å². The number of carbonyl (C=O) groups is 2. The Morgan fingerprint density at radius 1 is 1.18 bits per heavy atom. The topological polar surface area (TPSA) is 75.6 Å². The van der Waals surface area contributed by atoms with Crippen molar-refractivity contribution in [3.05, 3.63) is 10.6 Å². The van der Waals surface area contributed by atoms with Gasteiger partial charge < -0.3 is 14.5 Å². The molecule has 0 aromatic carbocycles. The summed E-state index contributed by atoms with van der Waals surface area (Å²) in [7, 11) is 0. The highest BCUT2D eigenvalue weighted by Crippen LogP contribution is 2.17. The Labute approximate surface area is 134 Å². The van der Waals surface area contributed by atoms with Crippen molar-refractivity contribution in [2.75, 3.05) is 26.2 Å². The lowest BCUT2D eigenvalue weighted by Gasteiger charge is -2.35. The van der Waals surface area contributed by atoms with Gasteiger partial charge in [-0.3, -0.25) is 4.79 Å². The lowest BCUT2D eigenvalue weighted by molar-refractivity contribution is 0.0141. The smallest absolute Gasteiger partial charge is 0.410 e. The minimum Gasteiger partial charge on any atom is -0.444 e. The molecule has 0 radical (unpaired) electrons. The van der Waals surface area contributed by atoms with Crippen LogP contribution in [0.25, 0.3) is 0 Å². The lowest BCUT2D eigenvalue weighted by Crippen LogP contribution is -2.51. The number of piperazine rings is 1. The second-order valence-electron chi connectivity index (χ2n) is 6.16. The van der Waals surface area contributed by atoms with E-state index in [1.165, 1.54) is 0 Å². The quantitative estimate of drug-likeness (QED) is 0.828. The Kier molecular flexibility index (Phi) is 5.00. The standard InChI is InChI=1S/C14H22N4O3S/c1-5-10-11(22-16-15-10)12(19)17-6-8-18(9-7-17)13(20)21-14(2,3)4/h5-9H2,1-4H3. The Morgan fingerprint density at radius 2 is 1.77 bits per heavy atom. The van der Waals surface area contributed by atoms with E-state index in [2.05, 4.69) is 9.59 Å². The highest BCUT2D eigenvalue weighted by Gasteiger charge is 2.29. The van der Waals surface area contributed by atoms with Crippen LogP contribution in [0, 0.1) is 0 Å². The molecule has 8 heteroatoms. The molecule has 0 aliphatic carbocycles. The average Bonchev–Trinajstić information content (AvgIpc) is 2.93. The van der Waals surface area contributed by atoms with Crippen molar-refractivity contribution in [3.8, 4) is 0 Å². The maximum absolute atomic E-state index is 12.5. The second-order valence-corrected chi connectivity index (χ2v) is 6.92. The first-order valence-electron chi connectivity index (χ1n) is 7.40. The third-order valence-electron chi connectivity index (χ3n) is 3.30. The number of aromatic nitrogens is 2. The number of amides is 2. The van der Waals surface area contributed by atoms with Crippen molar-refractivity contribution in [2.45, 2.75) is 39.7 Å². The van der Waals surface area contributed by atoms with Crippen LogP contribution in [-0.4, -0.2) is 63.2 Å². The van der Waals surface area contributed by atoms with Gasteiger partial charge in [-0.15, -0.1) is 5.10 Å². The maximum Gasteiger partial charge on any atom is 0.410 e. The SMILES string of the molecule is CCc1nnsc1C(=O)N1CCN(C(=O)OC(C)(C)C)CC1. The third kappa shape index (κ3) is 3.94. The molecule has 122 valence electrons. The fourth-order valence-electron chi connectivity index (χ4n) is 2.16. The molecular formula is C14H22N4O3S. The molecule has 1 aromatic rings. The first-order chi connectivity index (χ1) is 10.3. The normalized spacial score (nSPS) is 15.8. The number of rotatable bonds is 2. The number of carbonyl (C=O) groups excluding carboxylic acids is 2. The maximum atomic E-state index is 12.5. The Balaban J connectivity index is 1.92. The van der Waals surface area contributed by atoms with Crippen molar-refractivity contribution in [2.24, 2.45) is 0 Å². The molecule has 0 N–H and O–H groups in total. The molecule has 1 aliphatic rings. The molecule has 1 saturated heterocycles. The van der Waals surface area contributed by atoms with Gasteiger partial charge in [-0.2, -0.15) is 0 Å². The monoisotopic (exact) mass is 326 g/mol. The van der Waals surface area contributed by atoms with Crippen molar-refractivity contribution < 1.29 is 14.3 Å². The molecule has 0 atom stereocenters. The molecule has 0 saturated carbocycles. The summed E-state index contributed by atoms with van der Waals surface area (Å²) in [4.78, 5) is 28.5. The van der Waals surface area contributed by atoms with Crippen LogP contribution in [0.3, 0.4) is 0 Å². The van der Waals surface area contributed by atoms with Crippen LogP contribution in [0.5, 0.6) is 0 Å². The van der Waals surface area contributed by atoms with Crippen LogP contribution in [0.4, 0.5) is 4.79 Å². The van der Waals surface area contributed by atoms with E-state index in [0.29, 0.717) is 37.5 Å². The fraction of sp³-hybridized carbons (Fsp3) is 0.714. The van der Waals surface area contributed by atoms with E-state index in [-0.39, 0.29) is 12.0 Å². The van der Waals surface area contributed by atoms with Gasteiger partial charge in [0.2, 0.25) is 0 Å². The third-order valence-corrected chi connectivity index (χ3v) is 4.06. The van der Waals surface area contributed by atoms with Gasteiger partial charge in [-0.1, -0.05) is 11.4 Å². The average molecular weight is 326 g/mol. The van der Waals surface area contributed by atoms with Gasteiger partial charge in [0.25, 0.3) is 5.91 Å². The molecule has 0 unspecified atom stereocenters. The van der Waals surface area contributed by atoms with Crippen molar-refractivity contribution in [1.82, 2.24) is 19.4 Å². The van der Waals surface area contributed by atoms with Crippen LogP contribution in [0.1, 0.15) is 43.1 Å². The zero-order valence-corrected chi connectivity index (χ0v) is 14.3. The molecule has 2 rings (SSSR count). The van der Waals surface area contributed by atoms with Gasteiger partial charge in [0.15, 0.2) is 0 Å². The molecule has 2 amide bonds. The predicted molar refractivity (Wildman–Crippen MR) is 83.0 cm³/mol. The summed E-state index contributed by atoms with van der Waals surface area (Å²) in [5, 5.41) is 3.97. The van der Waals surface area contributed by atoms with Crippen molar-refractivity contribution in [3.63, 3.8) is 0 Å². The van der Waals surface area contributed by atoms with E-state index in [4.69, 9.17) is 4.74 Å². The highest BCUT2D eigenvalue weighted by molar-refractivity contribution is 7.08. The van der Waals surface area contributed by atoms with E-state index in [1.807, 2.05) is 27.7 Å². The molecule has 1 fully saturated rings. The second kappa shape index (κ2) is 6.60. The predicted octanol–water partition coefficient (Wildman–Crippen LogP) is 1.79. The largest absolute Gasteiger partial charge is 0.444 e. The summed E-state index contributed by atoms with van der Waals surface area (Å²) in [6, 6.07) is 0. The number of nitrogens with zero attached hydrogens (tertiary/aromatic N) is 4. The molecule has 22 heavy (non-hydrogen) atoms. The Hall–Kier alpha value is -1.70. The van der Waals surface area contributed by atoms with Gasteiger partial charge >= 0.3 is 6.09 Å². The summed E-state index contributed by atoms with van der Waals surface area (Å²) >= 11 is 1.13. The fourth-order valence-corrected chi connectivity index (χ4v) is 2.88. The van der Waals surface area contributed by atoms with E-state index >= 15 is 0 Å². The van der Waals surface area contributed by atoms with E-state index in [1.54, 1.807) is 9.80 Å². The summed E-state index contributed by atoms with van der Waals surface area (Å²) in [5.74, 6) is -0.0457. The Morgan fingerprint density at radius 3 is 2.32 bits per heavy atom. The van der Waals surface area contributed by atoms with Gasteiger partial charge in [0.1, 0.15) is 10.5 Å². The molecule has 2 heterocycles. The lowest BCUT2D eigenvalue weighted by atomic mass is 10.2. The Bertz CT molecular complexity index is 545. The summed E-state index contributed by atoms with van der Waals surface area (Å²) in [5.41, 5.74) is 0.235. The zero-order chi connectivity index (χ0) is 16.3. The van der Waals surface area contributed by atoms with Gasteiger partial charge in [-0.25, -0.2) is 4.79 Å². The molecule has 0 spiro atoms. The van der Waals surface area contributed by atoms with E-state index < -0.39 is 5.60 Å².